The number of methoxy groups -OCH3 is 2. The van der Waals surface area contributed by atoms with Crippen LogP contribution in [0.3, 0.4) is 0 Å². The van der Waals surface area contributed by atoms with Crippen molar-refractivity contribution in [3.05, 3.63) is 0 Å². The monoisotopic (exact) mass is 236 g/mol. The van der Waals surface area contributed by atoms with Gasteiger partial charge in [0.2, 0.25) is 6.10 Å². The highest BCUT2D eigenvalue weighted by Gasteiger charge is 2.21. The topological polar surface area (TPSA) is 120 Å². The van der Waals surface area contributed by atoms with Gasteiger partial charge in [-0.2, -0.15) is 0 Å². The van der Waals surface area contributed by atoms with Crippen molar-refractivity contribution in [2.45, 2.75) is 12.4 Å². The Morgan fingerprint density at radius 3 is 2.31 bits per heavy atom. The van der Waals surface area contributed by atoms with Crippen LogP contribution in [0.2, 0.25) is 0 Å². The molecule has 0 aromatic heterocycles. The van der Waals surface area contributed by atoms with Crippen LogP contribution < -0.4 is 11.1 Å². The maximum Gasteiger partial charge on any atom is 0.405 e. The van der Waals surface area contributed by atoms with E-state index in [1.807, 2.05) is 0 Å². The molecule has 4 N–H and O–H groups in total. The minimum Gasteiger partial charge on any atom is -0.434 e. The van der Waals surface area contributed by atoms with E-state index in [9.17, 15) is 9.59 Å². The Kier molecular flexibility index (Phi) is 7.18. The van der Waals surface area contributed by atoms with E-state index in [0.717, 1.165) is 0 Å². The molecule has 0 aliphatic heterocycles. The van der Waals surface area contributed by atoms with Gasteiger partial charge in [-0.25, -0.2) is 4.79 Å². The normalized spacial score (nSPS) is 12.2. The smallest absolute Gasteiger partial charge is 0.405 e. The van der Waals surface area contributed by atoms with E-state index < -0.39 is 31.0 Å². The lowest BCUT2D eigenvalue weighted by Crippen LogP contribution is -2.44. The number of rotatable bonds is 7. The summed E-state index contributed by atoms with van der Waals surface area (Å²) in [4.78, 5) is 21.7. The van der Waals surface area contributed by atoms with E-state index in [2.05, 4.69) is 10.1 Å². The van der Waals surface area contributed by atoms with E-state index in [4.69, 9.17) is 20.3 Å². The molecule has 0 radical (unpaired) electrons. The highest BCUT2D eigenvalue weighted by Crippen LogP contribution is 1.93. The van der Waals surface area contributed by atoms with Gasteiger partial charge in [0, 0.05) is 14.2 Å². The summed E-state index contributed by atoms with van der Waals surface area (Å²) >= 11 is 0. The highest BCUT2D eigenvalue weighted by atomic mass is 16.7. The number of nitrogens with two attached hydrogens (primary N) is 1. The van der Waals surface area contributed by atoms with Gasteiger partial charge < -0.3 is 30.4 Å². The van der Waals surface area contributed by atoms with Crippen LogP contribution in [0.5, 0.6) is 0 Å². The van der Waals surface area contributed by atoms with Gasteiger partial charge >= 0.3 is 6.09 Å². The zero-order valence-corrected chi connectivity index (χ0v) is 9.13. The summed E-state index contributed by atoms with van der Waals surface area (Å²) in [6.07, 6.45) is -3.08. The molecular formula is C8H16N2O6. The first kappa shape index (κ1) is 14.6. The molecule has 0 aromatic rings. The van der Waals surface area contributed by atoms with Gasteiger partial charge in [-0.05, 0) is 0 Å². The van der Waals surface area contributed by atoms with Crippen molar-refractivity contribution in [1.29, 1.82) is 0 Å². The van der Waals surface area contributed by atoms with Crippen molar-refractivity contribution >= 4 is 12.0 Å². The molecule has 8 heteroatoms. The first-order valence-electron chi connectivity index (χ1n) is 4.45. The molecule has 0 aliphatic carbocycles. The first-order valence-corrected chi connectivity index (χ1v) is 4.45. The van der Waals surface area contributed by atoms with Crippen LogP contribution in [0, 0.1) is 0 Å². The van der Waals surface area contributed by atoms with Crippen LogP contribution in [0.1, 0.15) is 0 Å². The third kappa shape index (κ3) is 5.49. The van der Waals surface area contributed by atoms with Crippen LogP contribution in [0.15, 0.2) is 0 Å². The van der Waals surface area contributed by atoms with Gasteiger partial charge in [0.05, 0.1) is 13.2 Å². The van der Waals surface area contributed by atoms with E-state index in [1.165, 1.54) is 14.2 Å². The van der Waals surface area contributed by atoms with Gasteiger partial charge in [0.15, 0.2) is 6.29 Å². The van der Waals surface area contributed by atoms with E-state index in [0.29, 0.717) is 0 Å². The second kappa shape index (κ2) is 7.85. The molecule has 1 atom stereocenters. The Labute approximate surface area is 92.6 Å². The third-order valence-corrected chi connectivity index (χ3v) is 1.69. The number of primary amides is 1. The summed E-state index contributed by atoms with van der Waals surface area (Å²) in [5, 5.41) is 11.1. The first-order chi connectivity index (χ1) is 7.54. The molecule has 0 saturated carbocycles. The highest BCUT2D eigenvalue weighted by molar-refractivity contribution is 5.83. The number of carbonyl (C=O) groups is 2. The lowest BCUT2D eigenvalue weighted by molar-refractivity contribution is -0.136. The molecule has 0 rings (SSSR count). The summed E-state index contributed by atoms with van der Waals surface area (Å²) in [6, 6.07) is 0. The molecule has 0 aliphatic rings. The van der Waals surface area contributed by atoms with Gasteiger partial charge in [0.25, 0.3) is 5.91 Å². The number of aliphatic hydroxyl groups excluding tert-OH is 1. The number of hydrogen-bond donors (Lipinski definition) is 3. The van der Waals surface area contributed by atoms with E-state index in [-0.39, 0.29) is 6.54 Å². The molecule has 0 bridgehead atoms. The second-order valence-electron chi connectivity index (χ2n) is 2.75. The Hall–Kier alpha value is -1.38. The molecule has 0 aromatic carbocycles. The van der Waals surface area contributed by atoms with Crippen molar-refractivity contribution < 1.29 is 28.9 Å². The minimum atomic E-state index is -1.33. The molecular weight excluding hydrogens is 220 g/mol. The standard InChI is InChI=1S/C8H16N2O6/c1-14-6(15-2)3-10-7(12)5(4-11)16-8(9)13/h5-6,11H,3-4H2,1-2H3,(H2,9,13)(H,10,12). The number of hydrogen-bond acceptors (Lipinski definition) is 6. The number of aliphatic hydroxyl groups is 1. The fourth-order valence-corrected chi connectivity index (χ4v) is 0.875. The quantitative estimate of drug-likeness (QED) is 0.447. The zero-order valence-electron chi connectivity index (χ0n) is 9.13. The van der Waals surface area contributed by atoms with Crippen LogP contribution in [-0.4, -0.2) is 56.9 Å². The van der Waals surface area contributed by atoms with Gasteiger partial charge in [-0.3, -0.25) is 4.79 Å². The number of ether oxygens (including phenoxy) is 3. The average Bonchev–Trinajstić information content (AvgIpc) is 2.26. The van der Waals surface area contributed by atoms with Crippen LogP contribution in [0.4, 0.5) is 4.79 Å². The maximum absolute atomic E-state index is 11.3. The Morgan fingerprint density at radius 2 is 1.94 bits per heavy atom. The van der Waals surface area contributed by atoms with Gasteiger partial charge in [-0.1, -0.05) is 0 Å². The fourth-order valence-electron chi connectivity index (χ4n) is 0.875. The summed E-state index contributed by atoms with van der Waals surface area (Å²) in [6.45, 7) is -0.593. The van der Waals surface area contributed by atoms with Crippen LogP contribution >= 0.6 is 0 Å². The zero-order chi connectivity index (χ0) is 12.6. The van der Waals surface area contributed by atoms with Crippen molar-refractivity contribution in [2.75, 3.05) is 27.4 Å². The predicted octanol–water partition coefficient (Wildman–Crippen LogP) is -1.82. The van der Waals surface area contributed by atoms with Gasteiger partial charge in [0.1, 0.15) is 0 Å². The molecule has 0 saturated heterocycles. The molecule has 0 heterocycles. The van der Waals surface area contributed by atoms with E-state index in [1.54, 1.807) is 0 Å². The van der Waals surface area contributed by atoms with Crippen LogP contribution in [-0.2, 0) is 19.0 Å². The largest absolute Gasteiger partial charge is 0.434 e. The molecule has 94 valence electrons. The summed E-state index contributed by atoms with van der Waals surface area (Å²) < 4.78 is 14.0. The molecule has 2 amide bonds. The Morgan fingerprint density at radius 1 is 1.38 bits per heavy atom. The summed E-state index contributed by atoms with van der Waals surface area (Å²) in [5.41, 5.74) is 4.71. The lowest BCUT2D eigenvalue weighted by atomic mass is 10.3. The van der Waals surface area contributed by atoms with Crippen molar-refractivity contribution in [3.8, 4) is 0 Å². The average molecular weight is 236 g/mol. The minimum absolute atomic E-state index is 0.0600. The number of amides is 2. The number of carbonyl (C=O) groups excluding carboxylic acids is 2. The van der Waals surface area contributed by atoms with Crippen molar-refractivity contribution in [3.63, 3.8) is 0 Å². The molecule has 0 fully saturated rings. The molecule has 8 nitrogen and oxygen atoms in total. The van der Waals surface area contributed by atoms with Crippen LogP contribution in [0.25, 0.3) is 0 Å². The molecule has 16 heavy (non-hydrogen) atoms. The van der Waals surface area contributed by atoms with Crippen molar-refractivity contribution in [1.82, 2.24) is 5.32 Å². The predicted molar refractivity (Wildman–Crippen MR) is 52.4 cm³/mol. The molecule has 1 unspecified atom stereocenters. The molecule has 0 spiro atoms. The summed E-state index contributed by atoms with van der Waals surface area (Å²) in [5.74, 6) is -0.680. The second-order valence-corrected chi connectivity index (χ2v) is 2.75. The maximum atomic E-state index is 11.3. The number of nitrogens with one attached hydrogen (secondary N) is 1. The SMILES string of the molecule is COC(CNC(=O)C(CO)OC(N)=O)OC. The van der Waals surface area contributed by atoms with Crippen molar-refractivity contribution in [2.24, 2.45) is 5.73 Å². The van der Waals surface area contributed by atoms with E-state index >= 15 is 0 Å². The summed E-state index contributed by atoms with van der Waals surface area (Å²) in [7, 11) is 2.81. The lowest BCUT2D eigenvalue weighted by Gasteiger charge is -2.17. The fraction of sp³-hybridized carbons (Fsp3) is 0.750. The van der Waals surface area contributed by atoms with Gasteiger partial charge in [-0.15, -0.1) is 0 Å². The Bertz CT molecular complexity index is 231. The Balaban J connectivity index is 4.06. The third-order valence-electron chi connectivity index (χ3n) is 1.69.